The monoisotopic (exact) mass is 318 g/mol. The number of rotatable bonds is 9. The molecule has 0 radical (unpaired) electrons. The van der Waals surface area contributed by atoms with Gasteiger partial charge in [-0.25, -0.2) is 13.1 Å². The van der Waals surface area contributed by atoms with Gasteiger partial charge >= 0.3 is 0 Å². The van der Waals surface area contributed by atoms with Crippen LogP contribution in [-0.4, -0.2) is 22.0 Å². The second kappa shape index (κ2) is 8.62. The molecule has 0 spiro atoms. The number of nitrogens with one attached hydrogen (secondary N) is 2. The van der Waals surface area contributed by atoms with Crippen LogP contribution in [0.1, 0.15) is 38.2 Å². The molecule has 0 fully saturated rings. The van der Waals surface area contributed by atoms with Crippen molar-refractivity contribution in [2.45, 2.75) is 44.0 Å². The Bertz CT molecular complexity index is 518. The molecule has 0 saturated heterocycles. The summed E-state index contributed by atoms with van der Waals surface area (Å²) >= 11 is 6.08. The van der Waals surface area contributed by atoms with Crippen LogP contribution >= 0.6 is 11.6 Å². The average Bonchev–Trinajstić information content (AvgIpc) is 2.41. The molecule has 1 rings (SSSR count). The molecule has 0 aliphatic rings. The van der Waals surface area contributed by atoms with Crippen molar-refractivity contribution in [3.63, 3.8) is 0 Å². The number of hydrogen-bond acceptors (Lipinski definition) is 3. The van der Waals surface area contributed by atoms with Gasteiger partial charge in [0.1, 0.15) is 0 Å². The Morgan fingerprint density at radius 3 is 2.55 bits per heavy atom. The van der Waals surface area contributed by atoms with Gasteiger partial charge in [0, 0.05) is 18.1 Å². The normalized spacial score (nSPS) is 11.8. The first kappa shape index (κ1) is 17.4. The minimum atomic E-state index is -3.46. The largest absolute Gasteiger partial charge is 0.316 e. The molecule has 0 atom stereocenters. The highest BCUT2D eigenvalue weighted by molar-refractivity contribution is 7.89. The Balaban J connectivity index is 2.65. The number of halogens is 1. The van der Waals surface area contributed by atoms with Gasteiger partial charge in [0.15, 0.2) is 0 Å². The Hall–Kier alpha value is -0.620. The van der Waals surface area contributed by atoms with Crippen molar-refractivity contribution in [2.75, 3.05) is 13.6 Å². The zero-order valence-electron chi connectivity index (χ0n) is 12.1. The molecular formula is C14H23ClN2O2S. The summed E-state index contributed by atoms with van der Waals surface area (Å²) in [5.41, 5.74) is 0.885. The first-order valence-electron chi connectivity index (χ1n) is 6.94. The molecule has 114 valence electrons. The van der Waals surface area contributed by atoms with Gasteiger partial charge in [0.05, 0.1) is 4.90 Å². The van der Waals surface area contributed by atoms with Crippen LogP contribution in [0, 0.1) is 0 Å². The first-order chi connectivity index (χ1) is 9.51. The highest BCUT2D eigenvalue weighted by atomic mass is 35.5. The lowest BCUT2D eigenvalue weighted by Crippen LogP contribution is -2.24. The molecule has 1 aromatic carbocycles. The summed E-state index contributed by atoms with van der Waals surface area (Å²) in [5.74, 6) is 0. The van der Waals surface area contributed by atoms with Crippen LogP contribution in [0.5, 0.6) is 0 Å². The first-order valence-corrected chi connectivity index (χ1v) is 8.80. The van der Waals surface area contributed by atoms with E-state index in [-0.39, 0.29) is 4.90 Å². The Morgan fingerprint density at radius 1 is 1.20 bits per heavy atom. The maximum absolute atomic E-state index is 12.1. The Labute approximate surface area is 127 Å². The Morgan fingerprint density at radius 2 is 1.95 bits per heavy atom. The Kier molecular flexibility index (Phi) is 7.51. The average molecular weight is 319 g/mol. The van der Waals surface area contributed by atoms with E-state index in [0.29, 0.717) is 18.1 Å². The summed E-state index contributed by atoms with van der Waals surface area (Å²) in [6.45, 7) is 3.21. The van der Waals surface area contributed by atoms with Gasteiger partial charge in [-0.15, -0.1) is 0 Å². The van der Waals surface area contributed by atoms with Crippen molar-refractivity contribution in [2.24, 2.45) is 0 Å². The fourth-order valence-electron chi connectivity index (χ4n) is 1.87. The van der Waals surface area contributed by atoms with Crippen LogP contribution in [0.15, 0.2) is 23.1 Å². The third-order valence-corrected chi connectivity index (χ3v) is 4.84. The molecule has 0 bridgehead atoms. The third-order valence-electron chi connectivity index (χ3n) is 3.02. The number of unbranched alkanes of at least 4 members (excludes halogenated alkanes) is 3. The van der Waals surface area contributed by atoms with E-state index < -0.39 is 10.0 Å². The highest BCUT2D eigenvalue weighted by Crippen LogP contribution is 2.20. The lowest BCUT2D eigenvalue weighted by atomic mass is 10.2. The van der Waals surface area contributed by atoms with Gasteiger partial charge in [0.2, 0.25) is 10.0 Å². The smallest absolute Gasteiger partial charge is 0.240 e. The maximum Gasteiger partial charge on any atom is 0.240 e. The molecule has 0 unspecified atom stereocenters. The van der Waals surface area contributed by atoms with E-state index in [4.69, 9.17) is 11.6 Å². The van der Waals surface area contributed by atoms with Crippen molar-refractivity contribution in [1.29, 1.82) is 0 Å². The van der Waals surface area contributed by atoms with Crippen LogP contribution in [0.2, 0.25) is 5.02 Å². The van der Waals surface area contributed by atoms with Gasteiger partial charge in [-0.2, -0.15) is 0 Å². The molecule has 0 amide bonds. The molecule has 0 aliphatic heterocycles. The maximum atomic E-state index is 12.1. The minimum absolute atomic E-state index is 0.220. The van der Waals surface area contributed by atoms with E-state index in [1.807, 2.05) is 7.05 Å². The number of sulfonamides is 1. The van der Waals surface area contributed by atoms with E-state index in [9.17, 15) is 8.42 Å². The molecule has 1 aromatic rings. The molecule has 0 aliphatic carbocycles. The third kappa shape index (κ3) is 5.40. The highest BCUT2D eigenvalue weighted by Gasteiger charge is 2.14. The van der Waals surface area contributed by atoms with Crippen LogP contribution in [0.3, 0.4) is 0 Å². The summed E-state index contributed by atoms with van der Waals surface area (Å²) in [6.07, 6.45) is 4.17. The fraction of sp³-hybridized carbons (Fsp3) is 0.571. The van der Waals surface area contributed by atoms with Crippen LogP contribution in [-0.2, 0) is 16.6 Å². The summed E-state index contributed by atoms with van der Waals surface area (Å²) < 4.78 is 26.8. The van der Waals surface area contributed by atoms with Crippen molar-refractivity contribution < 1.29 is 8.42 Å². The number of benzene rings is 1. The second-order valence-electron chi connectivity index (χ2n) is 4.74. The quantitative estimate of drug-likeness (QED) is 0.688. The zero-order chi connectivity index (χ0) is 15.0. The molecule has 6 heteroatoms. The molecule has 0 saturated carbocycles. The van der Waals surface area contributed by atoms with E-state index in [2.05, 4.69) is 17.0 Å². The van der Waals surface area contributed by atoms with E-state index in [0.717, 1.165) is 31.2 Å². The van der Waals surface area contributed by atoms with Gasteiger partial charge < -0.3 is 5.32 Å². The van der Waals surface area contributed by atoms with Gasteiger partial charge in [-0.05, 0) is 31.2 Å². The van der Waals surface area contributed by atoms with Crippen LogP contribution in [0.4, 0.5) is 0 Å². The predicted octanol–water partition coefficient (Wildman–Crippen LogP) is 2.92. The SMILES string of the molecule is CCCCCCNS(=O)(=O)c1ccc(CNC)c(Cl)c1. The van der Waals surface area contributed by atoms with Crippen LogP contribution < -0.4 is 10.0 Å². The van der Waals surface area contributed by atoms with Crippen molar-refractivity contribution in [1.82, 2.24) is 10.0 Å². The summed E-state index contributed by atoms with van der Waals surface area (Å²) in [5, 5.41) is 3.45. The van der Waals surface area contributed by atoms with Crippen molar-refractivity contribution in [3.05, 3.63) is 28.8 Å². The van der Waals surface area contributed by atoms with Gasteiger partial charge in [0.25, 0.3) is 0 Å². The fourth-order valence-corrected chi connectivity index (χ4v) is 3.28. The molecule has 2 N–H and O–H groups in total. The standard InChI is InChI=1S/C14H23ClN2O2S/c1-3-4-5-6-9-17-20(18,19)13-8-7-12(11-16-2)14(15)10-13/h7-8,10,16-17H,3-6,9,11H2,1-2H3. The van der Waals surface area contributed by atoms with E-state index >= 15 is 0 Å². The van der Waals surface area contributed by atoms with E-state index in [1.165, 1.54) is 6.07 Å². The van der Waals surface area contributed by atoms with Gasteiger partial charge in [-0.1, -0.05) is 43.9 Å². The molecular weight excluding hydrogens is 296 g/mol. The lowest BCUT2D eigenvalue weighted by Gasteiger charge is -2.09. The molecule has 0 heterocycles. The summed E-state index contributed by atoms with van der Waals surface area (Å²) in [4.78, 5) is 0.220. The van der Waals surface area contributed by atoms with E-state index in [1.54, 1.807) is 12.1 Å². The predicted molar refractivity (Wildman–Crippen MR) is 83.5 cm³/mol. The van der Waals surface area contributed by atoms with Crippen LogP contribution in [0.25, 0.3) is 0 Å². The molecule has 4 nitrogen and oxygen atoms in total. The second-order valence-corrected chi connectivity index (χ2v) is 6.92. The molecule has 0 aromatic heterocycles. The van der Waals surface area contributed by atoms with Gasteiger partial charge in [-0.3, -0.25) is 0 Å². The minimum Gasteiger partial charge on any atom is -0.316 e. The van der Waals surface area contributed by atoms with Crippen molar-refractivity contribution >= 4 is 21.6 Å². The lowest BCUT2D eigenvalue weighted by molar-refractivity contribution is 0.573. The molecule has 20 heavy (non-hydrogen) atoms. The topological polar surface area (TPSA) is 58.2 Å². The summed E-state index contributed by atoms with van der Waals surface area (Å²) in [7, 11) is -1.64. The summed E-state index contributed by atoms with van der Waals surface area (Å²) in [6, 6.07) is 4.83. The zero-order valence-corrected chi connectivity index (χ0v) is 13.6. The number of hydrogen-bond donors (Lipinski definition) is 2. The van der Waals surface area contributed by atoms with Crippen molar-refractivity contribution in [3.8, 4) is 0 Å².